The van der Waals surface area contributed by atoms with Crippen molar-refractivity contribution in [2.75, 3.05) is 19.6 Å². The number of carboxylic acid groups (broad SMARTS) is 1. The predicted molar refractivity (Wildman–Crippen MR) is 56.2 cm³/mol. The van der Waals surface area contributed by atoms with E-state index in [2.05, 4.69) is 16.6 Å². The summed E-state index contributed by atoms with van der Waals surface area (Å²) in [4.78, 5) is 21.2. The molecule has 0 aromatic heterocycles. The highest BCUT2D eigenvalue weighted by Gasteiger charge is 1.99. The van der Waals surface area contributed by atoms with Gasteiger partial charge < -0.3 is 10.4 Å². The van der Waals surface area contributed by atoms with Gasteiger partial charge in [-0.2, -0.15) is 0 Å². The maximum atomic E-state index is 11.1. The van der Waals surface area contributed by atoms with E-state index in [1.165, 1.54) is 0 Å². The molecule has 15 heavy (non-hydrogen) atoms. The highest BCUT2D eigenvalue weighted by molar-refractivity contribution is 5.77. The molecule has 0 unspecified atom stereocenters. The molecule has 0 saturated carbocycles. The molecular weight excluding hydrogens is 196 g/mol. The third-order valence-electron chi connectivity index (χ3n) is 1.65. The van der Waals surface area contributed by atoms with Crippen molar-refractivity contribution in [2.45, 2.75) is 19.3 Å². The van der Waals surface area contributed by atoms with Crippen LogP contribution in [0.2, 0.25) is 0 Å². The molecule has 3 N–H and O–H groups in total. The van der Waals surface area contributed by atoms with Crippen molar-refractivity contribution in [1.82, 2.24) is 10.6 Å². The predicted octanol–water partition coefficient (Wildman–Crippen LogP) is -0.420. The normalized spacial score (nSPS) is 9.27. The Bertz CT molecular complexity index is 246. The summed E-state index contributed by atoms with van der Waals surface area (Å²) in [5.41, 5.74) is 0. The highest BCUT2D eigenvalue weighted by Crippen LogP contribution is 1.92. The van der Waals surface area contributed by atoms with Crippen molar-refractivity contribution in [1.29, 1.82) is 0 Å². The third-order valence-corrected chi connectivity index (χ3v) is 1.65. The van der Waals surface area contributed by atoms with Crippen molar-refractivity contribution in [3.63, 3.8) is 0 Å². The van der Waals surface area contributed by atoms with Crippen LogP contribution >= 0.6 is 0 Å². The topological polar surface area (TPSA) is 78.4 Å². The molecule has 0 aromatic rings. The van der Waals surface area contributed by atoms with Gasteiger partial charge in [-0.15, -0.1) is 6.42 Å². The van der Waals surface area contributed by atoms with Crippen LogP contribution in [0, 0.1) is 12.3 Å². The van der Waals surface area contributed by atoms with E-state index in [4.69, 9.17) is 11.5 Å². The number of hydrogen-bond acceptors (Lipinski definition) is 3. The lowest BCUT2D eigenvalue weighted by molar-refractivity contribution is -0.137. The van der Waals surface area contributed by atoms with E-state index in [1.807, 2.05) is 0 Å². The Balaban J connectivity index is 3.24. The van der Waals surface area contributed by atoms with Crippen LogP contribution in [0.25, 0.3) is 0 Å². The lowest BCUT2D eigenvalue weighted by Gasteiger charge is -2.04. The number of rotatable bonds is 8. The van der Waals surface area contributed by atoms with Crippen LogP contribution in [0.1, 0.15) is 19.3 Å². The molecule has 0 spiro atoms. The fourth-order valence-corrected chi connectivity index (χ4v) is 0.940. The number of terminal acetylenes is 1. The molecule has 0 aliphatic rings. The molecule has 5 nitrogen and oxygen atoms in total. The second kappa shape index (κ2) is 9.03. The van der Waals surface area contributed by atoms with Crippen LogP contribution in [0.4, 0.5) is 0 Å². The lowest BCUT2D eigenvalue weighted by Crippen LogP contribution is -2.34. The molecule has 0 heterocycles. The molecule has 0 radical (unpaired) electrons. The highest BCUT2D eigenvalue weighted by atomic mass is 16.4. The number of nitrogens with one attached hydrogen (secondary N) is 2. The molecule has 0 bridgehead atoms. The summed E-state index contributed by atoms with van der Waals surface area (Å²) in [6.45, 7) is 1.07. The second-order valence-electron chi connectivity index (χ2n) is 3.01. The van der Waals surface area contributed by atoms with Gasteiger partial charge in [-0.1, -0.05) is 5.92 Å². The van der Waals surface area contributed by atoms with E-state index in [-0.39, 0.29) is 18.9 Å². The van der Waals surface area contributed by atoms with Crippen LogP contribution in [-0.2, 0) is 9.59 Å². The standard InChI is InChI=1S/C10H16N2O3/c1-2-6-11-8-9(13)12-7-4-3-5-10(14)15/h1,11H,3-8H2,(H,12,13)(H,14,15). The maximum Gasteiger partial charge on any atom is 0.303 e. The monoisotopic (exact) mass is 212 g/mol. The minimum atomic E-state index is -0.808. The second-order valence-corrected chi connectivity index (χ2v) is 3.01. The van der Waals surface area contributed by atoms with Crippen LogP contribution in [0.15, 0.2) is 0 Å². The van der Waals surface area contributed by atoms with Crippen molar-refractivity contribution < 1.29 is 14.7 Å². The van der Waals surface area contributed by atoms with Gasteiger partial charge in [0.1, 0.15) is 0 Å². The summed E-state index contributed by atoms with van der Waals surface area (Å²) < 4.78 is 0. The zero-order valence-electron chi connectivity index (χ0n) is 8.58. The Hall–Kier alpha value is -1.54. The molecule has 5 heteroatoms. The van der Waals surface area contributed by atoms with Crippen LogP contribution in [0.3, 0.4) is 0 Å². The number of carboxylic acids is 1. The maximum absolute atomic E-state index is 11.1. The Kier molecular flexibility index (Phi) is 8.10. The average Bonchev–Trinajstić information content (AvgIpc) is 2.17. The molecule has 1 amide bonds. The van der Waals surface area contributed by atoms with Crippen molar-refractivity contribution in [3.8, 4) is 12.3 Å². The first-order chi connectivity index (χ1) is 7.16. The van der Waals surface area contributed by atoms with Gasteiger partial charge in [0.2, 0.25) is 5.91 Å². The number of unbranched alkanes of at least 4 members (excludes halogenated alkanes) is 1. The first-order valence-corrected chi connectivity index (χ1v) is 4.79. The quantitative estimate of drug-likeness (QED) is 0.377. The Morgan fingerprint density at radius 2 is 2.07 bits per heavy atom. The van der Waals surface area contributed by atoms with E-state index < -0.39 is 5.97 Å². The van der Waals surface area contributed by atoms with Gasteiger partial charge >= 0.3 is 5.97 Å². The Morgan fingerprint density at radius 3 is 2.67 bits per heavy atom. The summed E-state index contributed by atoms with van der Waals surface area (Å²) in [7, 11) is 0. The zero-order valence-corrected chi connectivity index (χ0v) is 8.58. The van der Waals surface area contributed by atoms with E-state index in [0.717, 1.165) is 0 Å². The SMILES string of the molecule is C#CCNCC(=O)NCCCCC(=O)O. The van der Waals surface area contributed by atoms with Gasteiger partial charge in [-0.05, 0) is 12.8 Å². The summed E-state index contributed by atoms with van der Waals surface area (Å²) in [5.74, 6) is 1.42. The molecule has 0 rings (SSSR count). The molecule has 84 valence electrons. The smallest absolute Gasteiger partial charge is 0.303 e. The molecule has 0 aliphatic heterocycles. The van der Waals surface area contributed by atoms with Gasteiger partial charge in [-0.3, -0.25) is 14.9 Å². The number of carbonyl (C=O) groups is 2. The third kappa shape index (κ3) is 10.4. The minimum Gasteiger partial charge on any atom is -0.481 e. The van der Waals surface area contributed by atoms with Crippen molar-refractivity contribution in [2.24, 2.45) is 0 Å². The van der Waals surface area contributed by atoms with Gasteiger partial charge in [-0.25, -0.2) is 0 Å². The Morgan fingerprint density at radius 1 is 1.33 bits per heavy atom. The van der Waals surface area contributed by atoms with Gasteiger partial charge in [0.15, 0.2) is 0 Å². The van der Waals surface area contributed by atoms with E-state index >= 15 is 0 Å². The van der Waals surface area contributed by atoms with Gasteiger partial charge in [0, 0.05) is 13.0 Å². The zero-order chi connectivity index (χ0) is 11.5. The molecular formula is C10H16N2O3. The van der Waals surface area contributed by atoms with E-state index in [9.17, 15) is 9.59 Å². The number of aliphatic carboxylic acids is 1. The average molecular weight is 212 g/mol. The van der Waals surface area contributed by atoms with Crippen LogP contribution in [0.5, 0.6) is 0 Å². The molecule has 0 fully saturated rings. The molecule has 0 aromatic carbocycles. The van der Waals surface area contributed by atoms with Crippen molar-refractivity contribution >= 4 is 11.9 Å². The fraction of sp³-hybridized carbons (Fsp3) is 0.600. The van der Waals surface area contributed by atoms with E-state index in [1.54, 1.807) is 0 Å². The fourth-order valence-electron chi connectivity index (χ4n) is 0.940. The van der Waals surface area contributed by atoms with Gasteiger partial charge in [0.05, 0.1) is 13.1 Å². The molecule has 0 saturated heterocycles. The largest absolute Gasteiger partial charge is 0.481 e. The minimum absolute atomic E-state index is 0.124. The number of amides is 1. The molecule has 0 atom stereocenters. The molecule has 0 aliphatic carbocycles. The Labute approximate surface area is 89.2 Å². The van der Waals surface area contributed by atoms with Crippen LogP contribution < -0.4 is 10.6 Å². The first kappa shape index (κ1) is 13.5. The number of carbonyl (C=O) groups excluding carboxylic acids is 1. The number of hydrogen-bond donors (Lipinski definition) is 3. The summed E-state index contributed by atoms with van der Waals surface area (Å²) in [5, 5.41) is 13.8. The summed E-state index contributed by atoms with van der Waals surface area (Å²) in [6.07, 6.45) is 6.38. The first-order valence-electron chi connectivity index (χ1n) is 4.79. The van der Waals surface area contributed by atoms with Crippen molar-refractivity contribution in [3.05, 3.63) is 0 Å². The van der Waals surface area contributed by atoms with Gasteiger partial charge in [0.25, 0.3) is 0 Å². The van der Waals surface area contributed by atoms with E-state index in [0.29, 0.717) is 25.9 Å². The summed E-state index contributed by atoms with van der Waals surface area (Å²) >= 11 is 0. The summed E-state index contributed by atoms with van der Waals surface area (Å²) in [6, 6.07) is 0. The van der Waals surface area contributed by atoms with Crippen LogP contribution in [-0.4, -0.2) is 36.6 Å². The lowest BCUT2D eigenvalue weighted by atomic mass is 10.2.